The van der Waals surface area contributed by atoms with Gasteiger partial charge in [-0.2, -0.15) is 36.9 Å². The van der Waals surface area contributed by atoms with Gasteiger partial charge >= 0.3 is 17.8 Å². The van der Waals surface area contributed by atoms with Gasteiger partial charge in [0.2, 0.25) is 0 Å². The number of halogens is 6. The van der Waals surface area contributed by atoms with Gasteiger partial charge in [0, 0.05) is 39.2 Å². The van der Waals surface area contributed by atoms with E-state index in [0.29, 0.717) is 16.0 Å². The van der Waals surface area contributed by atoms with Crippen LogP contribution >= 0.6 is 11.3 Å². The van der Waals surface area contributed by atoms with Crippen molar-refractivity contribution in [2.24, 2.45) is 7.05 Å². The molecule has 0 fully saturated rings. The van der Waals surface area contributed by atoms with E-state index in [1.165, 1.54) is 43.7 Å². The molecule has 1 aliphatic carbocycles. The van der Waals surface area contributed by atoms with Gasteiger partial charge in [-0.05, 0) is 49.2 Å². The summed E-state index contributed by atoms with van der Waals surface area (Å²) in [4.78, 5) is 0.486. The van der Waals surface area contributed by atoms with Gasteiger partial charge in [0.25, 0.3) is 0 Å². The van der Waals surface area contributed by atoms with Crippen molar-refractivity contribution < 1.29 is 26.3 Å². The maximum atomic E-state index is 15.1. The molecule has 0 atom stereocenters. The lowest BCUT2D eigenvalue weighted by molar-refractivity contribution is -0.254. The number of hydrogen-bond donors (Lipinski definition) is 0. The van der Waals surface area contributed by atoms with Crippen LogP contribution in [0.4, 0.5) is 26.3 Å². The van der Waals surface area contributed by atoms with Crippen LogP contribution in [0, 0.1) is 36.5 Å². The predicted molar refractivity (Wildman–Crippen MR) is 116 cm³/mol. The number of allylic oxidation sites excluding steroid dienone is 2. The van der Waals surface area contributed by atoms with E-state index in [-0.39, 0.29) is 16.3 Å². The minimum Gasteiger partial charge on any atom is -0.339 e. The molecule has 0 unspecified atom stereocenters. The van der Waals surface area contributed by atoms with Crippen LogP contribution in [0.1, 0.15) is 33.0 Å². The smallest absolute Gasteiger partial charge is 0.339 e. The second kappa shape index (κ2) is 7.51. The molecule has 1 aromatic carbocycles. The number of rotatable bonds is 3. The lowest BCUT2D eigenvalue weighted by Gasteiger charge is -2.25. The van der Waals surface area contributed by atoms with Gasteiger partial charge in [-0.1, -0.05) is 12.1 Å². The summed E-state index contributed by atoms with van der Waals surface area (Å²) in [5.74, 6) is -16.1. The van der Waals surface area contributed by atoms with Gasteiger partial charge in [-0.15, -0.1) is 11.3 Å². The maximum Gasteiger partial charge on any atom is 0.380 e. The Morgan fingerprint density at radius 2 is 1.47 bits per heavy atom. The fourth-order valence-corrected chi connectivity index (χ4v) is 5.13. The first-order valence-electron chi connectivity index (χ1n) is 9.86. The van der Waals surface area contributed by atoms with Crippen LogP contribution in [-0.4, -0.2) is 22.3 Å². The van der Waals surface area contributed by atoms with Crippen molar-refractivity contribution in [2.45, 2.75) is 31.6 Å². The summed E-state index contributed by atoms with van der Waals surface area (Å²) < 4.78 is 90.8. The molecule has 0 radical (unpaired) electrons. The van der Waals surface area contributed by atoms with Crippen LogP contribution in [-0.2, 0) is 7.05 Å². The Labute approximate surface area is 194 Å². The van der Waals surface area contributed by atoms with E-state index in [1.807, 2.05) is 6.07 Å². The highest BCUT2D eigenvalue weighted by Gasteiger charge is 2.80. The van der Waals surface area contributed by atoms with Gasteiger partial charge in [-0.25, -0.2) is 0 Å². The van der Waals surface area contributed by atoms with Crippen molar-refractivity contribution in [1.29, 1.82) is 10.5 Å². The summed E-state index contributed by atoms with van der Waals surface area (Å²) in [6.07, 6.45) is 0. The molecule has 0 amide bonds. The zero-order valence-corrected chi connectivity index (χ0v) is 18.8. The molecule has 3 aromatic rings. The summed E-state index contributed by atoms with van der Waals surface area (Å²) >= 11 is 0.965. The van der Waals surface area contributed by atoms with Crippen LogP contribution in [0.25, 0.3) is 21.6 Å². The average Bonchev–Trinajstić information content (AvgIpc) is 3.33. The molecule has 4 rings (SSSR count). The van der Waals surface area contributed by atoms with Gasteiger partial charge in [0.15, 0.2) is 0 Å². The molecule has 2 aromatic heterocycles. The van der Waals surface area contributed by atoms with E-state index < -0.39 is 40.0 Å². The Morgan fingerprint density at radius 3 is 2.03 bits per heavy atom. The summed E-state index contributed by atoms with van der Waals surface area (Å²) in [5, 5.41) is 18.4. The topological polar surface area (TPSA) is 52.5 Å². The fourth-order valence-electron chi connectivity index (χ4n) is 4.11. The van der Waals surface area contributed by atoms with E-state index in [1.54, 1.807) is 18.2 Å². The zero-order chi connectivity index (χ0) is 25.2. The molecule has 3 nitrogen and oxygen atoms in total. The number of hydrogen-bond acceptors (Lipinski definition) is 3. The first-order chi connectivity index (χ1) is 15.8. The Kier molecular flexibility index (Phi) is 5.22. The van der Waals surface area contributed by atoms with Crippen molar-refractivity contribution in [1.82, 2.24) is 4.57 Å². The van der Waals surface area contributed by atoms with Crippen molar-refractivity contribution in [3.05, 3.63) is 69.4 Å². The largest absolute Gasteiger partial charge is 0.380 e. The molecule has 10 heteroatoms. The Morgan fingerprint density at radius 1 is 0.853 bits per heavy atom. The normalized spacial score (nSPS) is 18.1. The summed E-state index contributed by atoms with van der Waals surface area (Å²) in [6, 6.07) is 12.0. The molecule has 0 N–H and O–H groups in total. The van der Waals surface area contributed by atoms with E-state index in [9.17, 15) is 14.0 Å². The highest BCUT2D eigenvalue weighted by atomic mass is 32.1. The van der Waals surface area contributed by atoms with E-state index in [4.69, 9.17) is 5.26 Å². The van der Waals surface area contributed by atoms with Crippen molar-refractivity contribution >= 4 is 22.5 Å². The molecule has 0 spiro atoms. The van der Waals surface area contributed by atoms with E-state index >= 15 is 17.6 Å². The number of nitriles is 2. The maximum absolute atomic E-state index is 15.1. The summed E-state index contributed by atoms with van der Waals surface area (Å²) in [5.41, 5.74) is -3.32. The third-order valence-corrected chi connectivity index (χ3v) is 7.15. The molecular weight excluding hydrogens is 476 g/mol. The SMILES string of the molecule is Cc1sc(-c2cccc(C#N)c2)cc1C1=C(c2cc(C#N)n(C)c2C)C(F)(F)C(F)(F)C1(F)F. The number of benzene rings is 1. The van der Waals surface area contributed by atoms with Crippen molar-refractivity contribution in [3.63, 3.8) is 0 Å². The van der Waals surface area contributed by atoms with Crippen LogP contribution in [0.5, 0.6) is 0 Å². The molecule has 0 aliphatic heterocycles. The molecule has 34 heavy (non-hydrogen) atoms. The third kappa shape index (κ3) is 3.02. The van der Waals surface area contributed by atoms with Crippen molar-refractivity contribution in [2.75, 3.05) is 0 Å². The van der Waals surface area contributed by atoms with Gasteiger partial charge in [0.05, 0.1) is 11.6 Å². The summed E-state index contributed by atoms with van der Waals surface area (Å²) in [7, 11) is 1.36. The second-order valence-corrected chi connectivity index (χ2v) is 9.20. The number of alkyl halides is 6. The molecule has 0 saturated carbocycles. The Hall–Kier alpha value is -3.50. The molecule has 174 valence electrons. The van der Waals surface area contributed by atoms with Crippen LogP contribution in [0.15, 0.2) is 36.4 Å². The van der Waals surface area contributed by atoms with Crippen molar-refractivity contribution in [3.8, 4) is 22.6 Å². The van der Waals surface area contributed by atoms with Crippen LogP contribution < -0.4 is 0 Å². The quantitative estimate of drug-likeness (QED) is 0.373. The highest BCUT2D eigenvalue weighted by molar-refractivity contribution is 7.15. The minimum atomic E-state index is -5.69. The summed E-state index contributed by atoms with van der Waals surface area (Å²) in [6.45, 7) is 2.68. The van der Waals surface area contributed by atoms with Gasteiger partial charge < -0.3 is 4.57 Å². The van der Waals surface area contributed by atoms with E-state index in [2.05, 4.69) is 0 Å². The first-order valence-corrected chi connectivity index (χ1v) is 10.7. The number of aromatic nitrogens is 1. The lowest BCUT2D eigenvalue weighted by atomic mass is 9.94. The first kappa shape index (κ1) is 23.7. The Bertz CT molecular complexity index is 1450. The standard InChI is InChI=1S/C24H15F6N3S/c1-12-17(8-16(11-32)33(12)3)20-21(23(27,28)24(29,30)22(20,25)26)18-9-19(34-13(18)2)15-6-4-5-14(7-15)10-31/h4-9H,1-3H3. The Balaban J connectivity index is 2.06. The van der Waals surface area contributed by atoms with Gasteiger partial charge in [-0.3, -0.25) is 0 Å². The average molecular weight is 491 g/mol. The van der Waals surface area contributed by atoms with E-state index in [0.717, 1.165) is 17.4 Å². The van der Waals surface area contributed by atoms with Gasteiger partial charge in [0.1, 0.15) is 11.8 Å². The minimum absolute atomic E-state index is 0.0212. The lowest BCUT2D eigenvalue weighted by Crippen LogP contribution is -2.48. The number of aryl methyl sites for hydroxylation is 1. The zero-order valence-electron chi connectivity index (χ0n) is 18.0. The number of thiophene rings is 1. The molecule has 0 saturated heterocycles. The number of nitrogens with zero attached hydrogens (tertiary/aromatic N) is 3. The van der Waals surface area contributed by atoms with Crippen LogP contribution in [0.2, 0.25) is 0 Å². The molecular formula is C24H15F6N3S. The van der Waals surface area contributed by atoms with Crippen LogP contribution in [0.3, 0.4) is 0 Å². The third-order valence-electron chi connectivity index (χ3n) is 6.05. The second-order valence-electron chi connectivity index (χ2n) is 7.95. The fraction of sp³-hybridized carbons (Fsp3) is 0.250. The molecule has 1 aliphatic rings. The molecule has 0 bridgehead atoms. The highest BCUT2D eigenvalue weighted by Crippen LogP contribution is 2.65. The predicted octanol–water partition coefficient (Wildman–Crippen LogP) is 6.94. The monoisotopic (exact) mass is 491 g/mol. The molecule has 2 heterocycles.